The molecule has 4 aliphatic rings. The summed E-state index contributed by atoms with van der Waals surface area (Å²) in [5.41, 5.74) is -0.547. The van der Waals surface area contributed by atoms with E-state index < -0.39 is 30.4 Å². The minimum atomic E-state index is -0.839. The first kappa shape index (κ1) is 22.5. The normalized spacial score (nSPS) is 54.0. The molecule has 0 amide bonds. The van der Waals surface area contributed by atoms with Crippen molar-refractivity contribution in [1.82, 2.24) is 0 Å². The van der Waals surface area contributed by atoms with Crippen molar-refractivity contribution in [3.8, 4) is 0 Å². The van der Waals surface area contributed by atoms with Crippen LogP contribution in [0.2, 0.25) is 0 Å². The van der Waals surface area contributed by atoms with Crippen molar-refractivity contribution in [2.75, 3.05) is 0 Å². The quantitative estimate of drug-likeness (QED) is 0.473. The summed E-state index contributed by atoms with van der Waals surface area (Å²) in [6.07, 6.45) is 2.67. The number of fused-ring (bicyclic) bond motifs is 5. The van der Waals surface area contributed by atoms with Crippen LogP contribution in [0.4, 0.5) is 0 Å². The van der Waals surface area contributed by atoms with Crippen LogP contribution in [-0.4, -0.2) is 55.9 Å². The van der Waals surface area contributed by atoms with Crippen molar-refractivity contribution in [2.45, 2.75) is 96.6 Å². The Morgan fingerprint density at radius 1 is 0.967 bits per heavy atom. The number of carboxylic acids is 1. The zero-order valence-corrected chi connectivity index (χ0v) is 18.6. The van der Waals surface area contributed by atoms with Crippen molar-refractivity contribution in [3.05, 3.63) is 0 Å². The van der Waals surface area contributed by atoms with Gasteiger partial charge in [0.15, 0.2) is 0 Å². The number of aliphatic hydroxyl groups excluding tert-OH is 4. The predicted octanol–water partition coefficient (Wildman–Crippen LogP) is 2.42. The van der Waals surface area contributed by atoms with Crippen molar-refractivity contribution >= 4 is 5.97 Å². The first-order chi connectivity index (χ1) is 14.0. The van der Waals surface area contributed by atoms with Crippen LogP contribution in [0, 0.1) is 46.3 Å². The Labute approximate surface area is 179 Å². The van der Waals surface area contributed by atoms with Crippen LogP contribution in [0.15, 0.2) is 0 Å². The number of aliphatic hydroxyl groups is 4. The predicted molar refractivity (Wildman–Crippen MR) is 111 cm³/mol. The molecule has 30 heavy (non-hydrogen) atoms. The molecule has 12 atom stereocenters. The number of carbonyl (C=O) groups is 1. The van der Waals surface area contributed by atoms with Gasteiger partial charge in [0.2, 0.25) is 0 Å². The molecule has 4 saturated carbocycles. The lowest BCUT2D eigenvalue weighted by Crippen LogP contribution is -2.66. The van der Waals surface area contributed by atoms with Crippen LogP contribution in [-0.2, 0) is 4.79 Å². The fraction of sp³-hybridized carbons (Fsp3) is 0.958. The third kappa shape index (κ3) is 3.16. The molecule has 4 aliphatic carbocycles. The van der Waals surface area contributed by atoms with Gasteiger partial charge in [-0.2, -0.15) is 0 Å². The minimum Gasteiger partial charge on any atom is -0.481 e. The van der Waals surface area contributed by atoms with Gasteiger partial charge in [-0.15, -0.1) is 0 Å². The first-order valence-corrected chi connectivity index (χ1v) is 12.0. The van der Waals surface area contributed by atoms with Crippen LogP contribution >= 0.6 is 0 Å². The van der Waals surface area contributed by atoms with Gasteiger partial charge in [-0.3, -0.25) is 4.79 Å². The summed E-state index contributed by atoms with van der Waals surface area (Å²) in [5, 5.41) is 53.1. The first-order valence-electron chi connectivity index (χ1n) is 12.0. The van der Waals surface area contributed by atoms with Gasteiger partial charge in [0.05, 0.1) is 24.4 Å². The van der Waals surface area contributed by atoms with Crippen molar-refractivity contribution in [2.24, 2.45) is 46.3 Å². The van der Waals surface area contributed by atoms with Gasteiger partial charge in [-0.05, 0) is 91.3 Å². The van der Waals surface area contributed by atoms with Gasteiger partial charge in [-0.25, -0.2) is 0 Å². The summed E-state index contributed by atoms with van der Waals surface area (Å²) in [5.74, 6) is -0.299. The third-order valence-electron chi connectivity index (χ3n) is 10.4. The minimum absolute atomic E-state index is 0.0541. The van der Waals surface area contributed by atoms with Crippen molar-refractivity contribution in [1.29, 1.82) is 0 Å². The van der Waals surface area contributed by atoms with Crippen LogP contribution in [0.1, 0.15) is 72.1 Å². The van der Waals surface area contributed by atoms with E-state index in [-0.39, 0.29) is 52.8 Å². The molecule has 0 saturated heterocycles. The number of carboxylic acid groups (broad SMARTS) is 1. The highest BCUT2D eigenvalue weighted by atomic mass is 16.4. The second-order valence-electron chi connectivity index (χ2n) is 11.5. The van der Waals surface area contributed by atoms with E-state index in [0.717, 1.165) is 19.3 Å². The SMILES string of the molecule is CC(CCC(=O)O)C1CCC2C3C(O)C(O)C4CC(O)CC[C@]4(C)C3CC(O)[C@]12C. The molecule has 0 spiro atoms. The van der Waals surface area contributed by atoms with Gasteiger partial charge in [0.25, 0.3) is 0 Å². The summed E-state index contributed by atoms with van der Waals surface area (Å²) in [7, 11) is 0. The smallest absolute Gasteiger partial charge is 0.303 e. The Bertz CT molecular complexity index is 668. The molecule has 0 aromatic carbocycles. The second kappa shape index (κ2) is 7.72. The Morgan fingerprint density at radius 3 is 2.33 bits per heavy atom. The van der Waals surface area contributed by atoms with E-state index in [9.17, 15) is 25.2 Å². The summed E-state index contributed by atoms with van der Waals surface area (Å²) in [6.45, 7) is 6.45. The molecule has 5 N–H and O–H groups in total. The Kier molecular flexibility index (Phi) is 5.79. The summed E-state index contributed by atoms with van der Waals surface area (Å²) in [4.78, 5) is 11.1. The Hall–Kier alpha value is -0.690. The van der Waals surface area contributed by atoms with Gasteiger partial charge < -0.3 is 25.5 Å². The molecule has 0 aromatic heterocycles. The summed E-state index contributed by atoms with van der Waals surface area (Å²) < 4.78 is 0. The highest BCUT2D eigenvalue weighted by Crippen LogP contribution is 2.68. The molecule has 0 aliphatic heterocycles. The Morgan fingerprint density at radius 2 is 1.67 bits per heavy atom. The lowest BCUT2D eigenvalue weighted by molar-refractivity contribution is -0.243. The van der Waals surface area contributed by atoms with E-state index in [2.05, 4.69) is 20.8 Å². The van der Waals surface area contributed by atoms with E-state index in [1.165, 1.54) is 0 Å². The highest BCUT2D eigenvalue weighted by Gasteiger charge is 2.67. The molecule has 6 heteroatoms. The van der Waals surface area contributed by atoms with Gasteiger partial charge in [-0.1, -0.05) is 20.8 Å². The lowest BCUT2D eigenvalue weighted by Gasteiger charge is -2.64. The molecule has 4 fully saturated rings. The monoisotopic (exact) mass is 424 g/mol. The zero-order valence-electron chi connectivity index (χ0n) is 18.6. The summed E-state index contributed by atoms with van der Waals surface area (Å²) in [6, 6.07) is 0. The molecular weight excluding hydrogens is 384 g/mol. The maximum absolute atomic E-state index is 11.5. The zero-order chi connectivity index (χ0) is 22.0. The summed E-state index contributed by atoms with van der Waals surface area (Å²) >= 11 is 0. The molecule has 10 unspecified atom stereocenters. The molecule has 0 aromatic rings. The molecular formula is C24H40O6. The maximum Gasteiger partial charge on any atom is 0.303 e. The van der Waals surface area contributed by atoms with Gasteiger partial charge in [0.1, 0.15) is 0 Å². The highest BCUT2D eigenvalue weighted by molar-refractivity contribution is 5.66. The second-order valence-corrected chi connectivity index (χ2v) is 11.5. The number of hydrogen-bond donors (Lipinski definition) is 5. The van der Waals surface area contributed by atoms with E-state index in [0.29, 0.717) is 25.7 Å². The molecule has 4 rings (SSSR count). The molecule has 172 valence electrons. The van der Waals surface area contributed by atoms with Crippen LogP contribution in [0.3, 0.4) is 0 Å². The van der Waals surface area contributed by atoms with E-state index in [1.54, 1.807) is 0 Å². The molecule has 0 radical (unpaired) electrons. The van der Waals surface area contributed by atoms with Gasteiger partial charge >= 0.3 is 5.97 Å². The number of hydrogen-bond acceptors (Lipinski definition) is 5. The number of rotatable bonds is 4. The van der Waals surface area contributed by atoms with Crippen molar-refractivity contribution < 1.29 is 30.3 Å². The van der Waals surface area contributed by atoms with Crippen molar-refractivity contribution in [3.63, 3.8) is 0 Å². The fourth-order valence-corrected chi connectivity index (χ4v) is 8.72. The third-order valence-corrected chi connectivity index (χ3v) is 10.4. The molecule has 6 nitrogen and oxygen atoms in total. The van der Waals surface area contributed by atoms with Crippen LogP contribution in [0.25, 0.3) is 0 Å². The molecule has 0 bridgehead atoms. The fourth-order valence-electron chi connectivity index (χ4n) is 8.72. The van der Waals surface area contributed by atoms with Crippen LogP contribution in [0.5, 0.6) is 0 Å². The lowest BCUT2D eigenvalue weighted by atomic mass is 9.42. The average molecular weight is 425 g/mol. The van der Waals surface area contributed by atoms with E-state index in [1.807, 2.05) is 0 Å². The Balaban J connectivity index is 1.64. The largest absolute Gasteiger partial charge is 0.481 e. The van der Waals surface area contributed by atoms with Gasteiger partial charge in [0, 0.05) is 6.42 Å². The average Bonchev–Trinajstić information content (AvgIpc) is 3.05. The topological polar surface area (TPSA) is 118 Å². The van der Waals surface area contributed by atoms with E-state index in [4.69, 9.17) is 5.11 Å². The van der Waals surface area contributed by atoms with Crippen LogP contribution < -0.4 is 0 Å². The number of aliphatic carboxylic acids is 1. The molecule has 0 heterocycles. The maximum atomic E-state index is 11.5. The standard InChI is InChI=1S/C24H40O6/c1-12(4-7-19(27)28)14-5-6-15-20-16(11-18(26)24(14,15)3)23(2)9-8-13(25)10-17(23)21(29)22(20)30/h12-18,20-22,25-26,29-30H,4-11H2,1-3H3,(H,27,28)/t12?,13?,14?,15?,16?,17?,18?,20?,21?,22?,23-,24-/m1/s1. The van der Waals surface area contributed by atoms with E-state index >= 15 is 0 Å².